The third-order valence-electron chi connectivity index (χ3n) is 5.30. The van der Waals surface area contributed by atoms with Crippen molar-refractivity contribution in [2.75, 3.05) is 18.4 Å². The Bertz CT molecular complexity index is 768. The van der Waals surface area contributed by atoms with Gasteiger partial charge in [0.15, 0.2) is 5.82 Å². The summed E-state index contributed by atoms with van der Waals surface area (Å²) in [5.41, 5.74) is -0.414. The zero-order chi connectivity index (χ0) is 21.6. The predicted molar refractivity (Wildman–Crippen MR) is 85.6 cm³/mol. The SMILES string of the molecule is Cn1ccc(NC(=O)[C@H]2CC23CCN(C(=O)OC(C(F)(F)F)C(F)(F)F)CC3)n1. The Hall–Kier alpha value is -2.47. The van der Waals surface area contributed by atoms with Crippen LogP contribution >= 0.6 is 0 Å². The molecule has 3 rings (SSSR count). The molecule has 2 aliphatic rings. The van der Waals surface area contributed by atoms with E-state index in [4.69, 9.17) is 0 Å². The van der Waals surface area contributed by atoms with Gasteiger partial charge in [-0.05, 0) is 24.7 Å². The Morgan fingerprint density at radius 2 is 1.79 bits per heavy atom. The van der Waals surface area contributed by atoms with Crippen molar-refractivity contribution in [2.24, 2.45) is 18.4 Å². The van der Waals surface area contributed by atoms with Gasteiger partial charge in [0.25, 0.3) is 6.10 Å². The van der Waals surface area contributed by atoms with Crippen LogP contribution in [0.25, 0.3) is 0 Å². The van der Waals surface area contributed by atoms with Crippen molar-refractivity contribution in [3.05, 3.63) is 12.3 Å². The van der Waals surface area contributed by atoms with E-state index in [9.17, 15) is 35.9 Å². The number of carbonyl (C=O) groups excluding carboxylic acids is 2. The summed E-state index contributed by atoms with van der Waals surface area (Å²) in [6, 6.07) is 1.61. The third-order valence-corrected chi connectivity index (χ3v) is 5.30. The molecular formula is C16H18F6N4O3. The molecule has 1 spiro atoms. The minimum atomic E-state index is -5.75. The first-order chi connectivity index (χ1) is 13.3. The summed E-state index contributed by atoms with van der Waals surface area (Å²) < 4.78 is 80.4. The number of amides is 2. The molecule has 1 N–H and O–H groups in total. The van der Waals surface area contributed by atoms with Crippen LogP contribution in [-0.2, 0) is 16.6 Å². The number of nitrogens with zero attached hydrogens (tertiary/aromatic N) is 3. The quantitative estimate of drug-likeness (QED) is 0.751. The number of aryl methyl sites for hydroxylation is 1. The standard InChI is InChI=1S/C16H18F6N4O3/c1-25-5-2-10(24-25)23-11(27)9-8-14(9)3-6-26(7-4-14)13(28)29-12(15(17,18)19)16(20,21)22/h2,5,9,12H,3-4,6-8H2,1H3,(H,23,24,27)/t9-/m1/s1. The molecule has 1 aliphatic carbocycles. The molecule has 1 aromatic heterocycles. The highest BCUT2D eigenvalue weighted by molar-refractivity contribution is 5.94. The monoisotopic (exact) mass is 428 g/mol. The smallest absolute Gasteiger partial charge is 0.426 e. The lowest BCUT2D eigenvalue weighted by molar-refractivity contribution is -0.308. The first kappa shape index (κ1) is 21.2. The summed E-state index contributed by atoms with van der Waals surface area (Å²) in [6.07, 6.45) is -14.6. The topological polar surface area (TPSA) is 76.5 Å². The van der Waals surface area contributed by atoms with Crippen molar-refractivity contribution in [1.82, 2.24) is 14.7 Å². The largest absolute Gasteiger partial charge is 0.434 e. The molecule has 1 aromatic rings. The molecule has 2 amide bonds. The van der Waals surface area contributed by atoms with Crippen LogP contribution in [0.15, 0.2) is 12.3 Å². The Morgan fingerprint density at radius 1 is 1.21 bits per heavy atom. The highest BCUT2D eigenvalue weighted by atomic mass is 19.4. The van der Waals surface area contributed by atoms with Crippen molar-refractivity contribution in [3.8, 4) is 0 Å². The van der Waals surface area contributed by atoms with E-state index in [1.165, 1.54) is 4.68 Å². The lowest BCUT2D eigenvalue weighted by Gasteiger charge is -2.33. The highest BCUT2D eigenvalue weighted by Crippen LogP contribution is 2.59. The van der Waals surface area contributed by atoms with Crippen molar-refractivity contribution >= 4 is 17.8 Å². The first-order valence-electron chi connectivity index (χ1n) is 8.71. The number of ether oxygens (including phenoxy) is 1. The molecule has 1 atom stereocenters. The number of hydrogen-bond acceptors (Lipinski definition) is 4. The van der Waals surface area contributed by atoms with E-state index in [0.717, 1.165) is 4.90 Å². The maximum Gasteiger partial charge on any atom is 0.434 e. The highest BCUT2D eigenvalue weighted by Gasteiger charge is 2.61. The summed E-state index contributed by atoms with van der Waals surface area (Å²) in [4.78, 5) is 24.9. The second-order valence-electron chi connectivity index (χ2n) is 7.32. The molecule has 1 saturated heterocycles. The summed E-state index contributed by atoms with van der Waals surface area (Å²) in [6.45, 7) is -0.177. The summed E-state index contributed by atoms with van der Waals surface area (Å²) in [5.74, 6) is -0.222. The van der Waals surface area contributed by atoms with Crippen molar-refractivity contribution in [1.29, 1.82) is 0 Å². The predicted octanol–water partition coefficient (Wildman–Crippen LogP) is 3.09. The van der Waals surface area contributed by atoms with Gasteiger partial charge in [0.1, 0.15) is 0 Å². The zero-order valence-electron chi connectivity index (χ0n) is 15.2. The molecule has 0 radical (unpaired) electrons. The van der Waals surface area contributed by atoms with E-state index >= 15 is 0 Å². The molecule has 1 saturated carbocycles. The second kappa shape index (κ2) is 7.10. The van der Waals surface area contributed by atoms with Gasteiger partial charge in [-0.2, -0.15) is 31.4 Å². The number of rotatable bonds is 3. The van der Waals surface area contributed by atoms with Gasteiger partial charge in [0.05, 0.1) is 0 Å². The molecular weight excluding hydrogens is 410 g/mol. The van der Waals surface area contributed by atoms with Gasteiger partial charge in [-0.25, -0.2) is 4.79 Å². The first-order valence-corrected chi connectivity index (χ1v) is 8.71. The lowest BCUT2D eigenvalue weighted by Crippen LogP contribution is -2.49. The van der Waals surface area contributed by atoms with E-state index < -0.39 is 30.0 Å². The fourth-order valence-corrected chi connectivity index (χ4v) is 3.60. The van der Waals surface area contributed by atoms with Crippen LogP contribution in [-0.4, -0.2) is 58.2 Å². The fraction of sp³-hybridized carbons (Fsp3) is 0.688. The summed E-state index contributed by atoms with van der Waals surface area (Å²) in [7, 11) is 1.69. The van der Waals surface area contributed by atoms with E-state index in [1.807, 2.05) is 0 Å². The maximum absolute atomic E-state index is 12.5. The minimum Gasteiger partial charge on any atom is -0.426 e. The Balaban J connectivity index is 1.53. The molecule has 7 nitrogen and oxygen atoms in total. The Morgan fingerprint density at radius 3 is 2.28 bits per heavy atom. The lowest BCUT2D eigenvalue weighted by atomic mass is 9.91. The van der Waals surface area contributed by atoms with Crippen molar-refractivity contribution in [3.63, 3.8) is 0 Å². The number of hydrogen-bond donors (Lipinski definition) is 1. The third kappa shape index (κ3) is 4.58. The number of carbonyl (C=O) groups is 2. The normalized spacial score (nSPS) is 21.4. The van der Waals surface area contributed by atoms with Gasteiger partial charge in [-0.15, -0.1) is 0 Å². The minimum absolute atomic E-state index is 0.0887. The van der Waals surface area contributed by atoms with Gasteiger partial charge in [-0.3, -0.25) is 9.48 Å². The molecule has 0 bridgehead atoms. The Labute approximate surface area is 161 Å². The van der Waals surface area contributed by atoms with Gasteiger partial charge in [0, 0.05) is 38.3 Å². The maximum atomic E-state index is 12.5. The number of piperidine rings is 1. The van der Waals surface area contributed by atoms with Crippen molar-refractivity contribution < 1.29 is 40.7 Å². The van der Waals surface area contributed by atoms with E-state index in [0.29, 0.717) is 12.2 Å². The second-order valence-corrected chi connectivity index (χ2v) is 7.32. The van der Waals surface area contributed by atoms with Crippen LogP contribution in [0, 0.1) is 11.3 Å². The van der Waals surface area contributed by atoms with Gasteiger partial charge in [-0.1, -0.05) is 0 Å². The number of aromatic nitrogens is 2. The zero-order valence-corrected chi connectivity index (χ0v) is 15.2. The Kier molecular flexibility index (Phi) is 5.20. The molecule has 29 heavy (non-hydrogen) atoms. The van der Waals surface area contributed by atoms with Crippen LogP contribution in [0.4, 0.5) is 37.0 Å². The van der Waals surface area contributed by atoms with E-state index in [1.54, 1.807) is 19.3 Å². The van der Waals surface area contributed by atoms with Crippen LogP contribution in [0.3, 0.4) is 0 Å². The van der Waals surface area contributed by atoms with Gasteiger partial charge in [0.2, 0.25) is 5.91 Å². The van der Waals surface area contributed by atoms with Gasteiger partial charge < -0.3 is 15.0 Å². The van der Waals surface area contributed by atoms with Crippen LogP contribution in [0.1, 0.15) is 19.3 Å². The van der Waals surface area contributed by atoms with Crippen LogP contribution in [0.2, 0.25) is 0 Å². The number of halogens is 6. The average molecular weight is 428 g/mol. The average Bonchev–Trinajstić information content (AvgIpc) is 3.14. The van der Waals surface area contributed by atoms with E-state index in [2.05, 4.69) is 15.2 Å². The summed E-state index contributed by atoms with van der Waals surface area (Å²) >= 11 is 0. The number of anilines is 1. The van der Waals surface area contributed by atoms with Crippen LogP contribution in [0.5, 0.6) is 0 Å². The number of likely N-dealkylation sites (tertiary alicyclic amines) is 1. The fourth-order valence-electron chi connectivity index (χ4n) is 3.60. The molecule has 0 aromatic carbocycles. The number of alkyl halides is 6. The number of nitrogens with one attached hydrogen (secondary N) is 1. The molecule has 13 heteroatoms. The molecule has 2 heterocycles. The molecule has 162 valence electrons. The molecule has 2 fully saturated rings. The van der Waals surface area contributed by atoms with Gasteiger partial charge >= 0.3 is 18.4 Å². The summed E-state index contributed by atoms with van der Waals surface area (Å²) in [5, 5.41) is 6.69. The molecule has 1 aliphatic heterocycles. The molecule has 0 unspecified atom stereocenters. The van der Waals surface area contributed by atoms with Crippen LogP contribution < -0.4 is 5.32 Å². The van der Waals surface area contributed by atoms with Crippen molar-refractivity contribution in [2.45, 2.75) is 37.7 Å². The van der Waals surface area contributed by atoms with E-state index in [-0.39, 0.29) is 37.8 Å².